The van der Waals surface area contributed by atoms with Crippen LogP contribution in [-0.4, -0.2) is 20.4 Å². The molecule has 0 radical (unpaired) electrons. The van der Waals surface area contributed by atoms with Crippen LogP contribution in [0.3, 0.4) is 0 Å². The van der Waals surface area contributed by atoms with Gasteiger partial charge in [0.1, 0.15) is 0 Å². The SMILES string of the molecule is Cc1cc(C2=CC=C(c3nnc(-c4cccc5ccccc45)o3)C(C)C2)ccc1-c1nnc(-c2cccc3ccccc23)o1. The lowest BCUT2D eigenvalue weighted by Crippen LogP contribution is -2.05. The molecule has 1 aliphatic rings. The topological polar surface area (TPSA) is 77.8 Å². The number of aryl methyl sites for hydroxylation is 1. The molecule has 6 nitrogen and oxygen atoms in total. The van der Waals surface area contributed by atoms with Crippen LogP contribution in [0, 0.1) is 12.8 Å². The Morgan fingerprint density at radius 2 is 1.11 bits per heavy atom. The lowest BCUT2D eigenvalue weighted by atomic mass is 9.85. The highest BCUT2D eigenvalue weighted by Crippen LogP contribution is 2.38. The minimum Gasteiger partial charge on any atom is -0.416 e. The van der Waals surface area contributed by atoms with E-state index in [2.05, 4.69) is 101 Å². The van der Waals surface area contributed by atoms with Crippen LogP contribution >= 0.6 is 0 Å². The van der Waals surface area contributed by atoms with E-state index in [9.17, 15) is 0 Å². The van der Waals surface area contributed by atoms with Crippen LogP contribution in [0.2, 0.25) is 0 Å². The number of hydrogen-bond donors (Lipinski definition) is 0. The van der Waals surface area contributed by atoms with Gasteiger partial charge in [0, 0.05) is 22.3 Å². The van der Waals surface area contributed by atoms with E-state index >= 15 is 0 Å². The van der Waals surface area contributed by atoms with Crippen molar-refractivity contribution in [3.05, 3.63) is 132 Å². The first-order valence-electron chi connectivity index (χ1n) is 14.8. The molecule has 8 rings (SSSR count). The van der Waals surface area contributed by atoms with Crippen LogP contribution in [-0.2, 0) is 0 Å². The molecule has 1 unspecified atom stereocenters. The summed E-state index contributed by atoms with van der Waals surface area (Å²) in [6.45, 7) is 4.29. The van der Waals surface area contributed by atoms with E-state index in [1.54, 1.807) is 0 Å². The van der Waals surface area contributed by atoms with Gasteiger partial charge in [-0.15, -0.1) is 20.4 Å². The number of aromatic nitrogens is 4. The number of allylic oxidation sites excluding steroid dienone is 4. The molecule has 0 amide bonds. The fourth-order valence-corrected chi connectivity index (χ4v) is 6.18. The molecular formula is C38H28N4O2. The van der Waals surface area contributed by atoms with Crippen molar-refractivity contribution < 1.29 is 8.83 Å². The summed E-state index contributed by atoms with van der Waals surface area (Å²) in [5.74, 6) is 2.36. The first-order valence-corrected chi connectivity index (χ1v) is 14.8. The second kappa shape index (κ2) is 10.6. The van der Waals surface area contributed by atoms with E-state index in [4.69, 9.17) is 8.83 Å². The summed E-state index contributed by atoms with van der Waals surface area (Å²) in [7, 11) is 0. The number of fused-ring (bicyclic) bond motifs is 2. The fourth-order valence-electron chi connectivity index (χ4n) is 6.18. The summed E-state index contributed by atoms with van der Waals surface area (Å²) in [4.78, 5) is 0. The summed E-state index contributed by atoms with van der Waals surface area (Å²) in [5.41, 5.74) is 7.37. The molecule has 1 atom stereocenters. The Kier molecular flexibility index (Phi) is 6.26. The highest BCUT2D eigenvalue weighted by atomic mass is 16.4. The van der Waals surface area contributed by atoms with Gasteiger partial charge in [0.15, 0.2) is 0 Å². The van der Waals surface area contributed by atoms with Gasteiger partial charge in [-0.25, -0.2) is 0 Å². The largest absolute Gasteiger partial charge is 0.416 e. The molecule has 7 aromatic rings. The molecule has 0 spiro atoms. The predicted molar refractivity (Wildman–Crippen MR) is 174 cm³/mol. The number of benzene rings is 5. The third-order valence-electron chi connectivity index (χ3n) is 8.49. The molecule has 0 N–H and O–H groups in total. The number of nitrogens with zero attached hydrogens (tertiary/aromatic N) is 4. The maximum atomic E-state index is 6.23. The summed E-state index contributed by atoms with van der Waals surface area (Å²) >= 11 is 0. The molecule has 0 fully saturated rings. The van der Waals surface area contributed by atoms with E-state index in [1.165, 1.54) is 11.1 Å². The van der Waals surface area contributed by atoms with E-state index < -0.39 is 0 Å². The summed E-state index contributed by atoms with van der Waals surface area (Å²) in [6, 6.07) is 35.1. The molecule has 6 heteroatoms. The molecule has 5 aromatic carbocycles. The molecule has 44 heavy (non-hydrogen) atoms. The summed E-state index contributed by atoms with van der Waals surface area (Å²) in [6.07, 6.45) is 5.14. The standard InChI is InChI=1S/C38H28N4O2/c1-23-21-27(17-19-29(23)35-39-41-37(43-35)33-15-7-11-25-9-3-5-13-31(25)33)28-18-20-30(24(2)22-28)36-40-42-38(44-36)34-16-8-12-26-10-4-6-14-32(26)34/h3-21,24H,22H2,1-2H3. The van der Waals surface area contributed by atoms with Crippen molar-refractivity contribution in [3.63, 3.8) is 0 Å². The van der Waals surface area contributed by atoms with Gasteiger partial charge in [0.25, 0.3) is 0 Å². The third kappa shape index (κ3) is 4.52. The van der Waals surface area contributed by atoms with Crippen molar-refractivity contribution in [2.24, 2.45) is 5.92 Å². The molecule has 0 saturated heterocycles. The average Bonchev–Trinajstić information content (AvgIpc) is 3.75. The van der Waals surface area contributed by atoms with Gasteiger partial charge in [-0.2, -0.15) is 0 Å². The van der Waals surface area contributed by atoms with Crippen LogP contribution in [0.1, 0.15) is 30.4 Å². The van der Waals surface area contributed by atoms with Crippen molar-refractivity contribution in [2.75, 3.05) is 0 Å². The van der Waals surface area contributed by atoms with Gasteiger partial charge in [-0.1, -0.05) is 104 Å². The van der Waals surface area contributed by atoms with Gasteiger partial charge in [-0.05, 0) is 75.7 Å². The van der Waals surface area contributed by atoms with Gasteiger partial charge >= 0.3 is 0 Å². The van der Waals surface area contributed by atoms with Crippen molar-refractivity contribution in [3.8, 4) is 34.4 Å². The normalized spacial score (nSPS) is 15.0. The van der Waals surface area contributed by atoms with E-state index in [-0.39, 0.29) is 5.92 Å². The molecule has 2 heterocycles. The Bertz CT molecular complexity index is 2240. The first kappa shape index (κ1) is 26.0. The van der Waals surface area contributed by atoms with Crippen molar-refractivity contribution >= 4 is 32.7 Å². The Morgan fingerprint density at radius 3 is 1.73 bits per heavy atom. The zero-order valence-corrected chi connectivity index (χ0v) is 24.4. The molecule has 0 bridgehead atoms. The van der Waals surface area contributed by atoms with Gasteiger partial charge in [0.2, 0.25) is 23.6 Å². The van der Waals surface area contributed by atoms with E-state index in [1.807, 2.05) is 48.5 Å². The molecule has 0 aliphatic heterocycles. The minimum atomic E-state index is 0.218. The maximum absolute atomic E-state index is 6.23. The van der Waals surface area contributed by atoms with Gasteiger partial charge in [0.05, 0.1) is 0 Å². The van der Waals surface area contributed by atoms with Crippen molar-refractivity contribution in [1.82, 2.24) is 20.4 Å². The lowest BCUT2D eigenvalue weighted by Gasteiger charge is -2.20. The molecule has 212 valence electrons. The monoisotopic (exact) mass is 572 g/mol. The third-order valence-corrected chi connectivity index (χ3v) is 8.49. The Labute approximate surface area is 254 Å². The smallest absolute Gasteiger partial charge is 0.248 e. The lowest BCUT2D eigenvalue weighted by molar-refractivity contribution is 0.541. The molecule has 1 aliphatic carbocycles. The Morgan fingerprint density at radius 1 is 0.568 bits per heavy atom. The quantitative estimate of drug-likeness (QED) is 0.204. The Hall–Kier alpha value is -5.62. The summed E-state index contributed by atoms with van der Waals surface area (Å²) < 4.78 is 12.4. The molecule has 0 saturated carbocycles. The number of rotatable bonds is 5. The molecule has 2 aromatic heterocycles. The number of hydrogen-bond acceptors (Lipinski definition) is 6. The van der Waals surface area contributed by atoms with Crippen LogP contribution in [0.15, 0.2) is 124 Å². The van der Waals surface area contributed by atoms with Crippen LogP contribution in [0.25, 0.3) is 67.1 Å². The highest BCUT2D eigenvalue weighted by molar-refractivity contribution is 5.95. The second-order valence-electron chi connectivity index (χ2n) is 11.3. The van der Waals surface area contributed by atoms with E-state index in [0.29, 0.717) is 23.6 Å². The maximum Gasteiger partial charge on any atom is 0.248 e. The highest BCUT2D eigenvalue weighted by Gasteiger charge is 2.23. The van der Waals surface area contributed by atoms with Crippen LogP contribution in [0.5, 0.6) is 0 Å². The summed E-state index contributed by atoms with van der Waals surface area (Å²) in [5, 5.41) is 22.1. The predicted octanol–water partition coefficient (Wildman–Crippen LogP) is 9.58. The fraction of sp³-hybridized carbons (Fsp3) is 0.105. The van der Waals surface area contributed by atoms with Gasteiger partial charge in [-0.3, -0.25) is 0 Å². The van der Waals surface area contributed by atoms with E-state index in [0.717, 1.165) is 55.8 Å². The van der Waals surface area contributed by atoms with Gasteiger partial charge < -0.3 is 8.83 Å². The van der Waals surface area contributed by atoms with Crippen molar-refractivity contribution in [2.45, 2.75) is 20.3 Å². The average molecular weight is 573 g/mol. The molecular weight excluding hydrogens is 544 g/mol. The first-order chi connectivity index (χ1) is 21.6. The second-order valence-corrected chi connectivity index (χ2v) is 11.3. The zero-order chi connectivity index (χ0) is 29.6. The zero-order valence-electron chi connectivity index (χ0n) is 24.4. The van der Waals surface area contributed by atoms with Crippen LogP contribution < -0.4 is 0 Å². The van der Waals surface area contributed by atoms with Crippen molar-refractivity contribution in [1.29, 1.82) is 0 Å². The minimum absolute atomic E-state index is 0.218. The van der Waals surface area contributed by atoms with Crippen LogP contribution in [0.4, 0.5) is 0 Å². The Balaban J connectivity index is 1.06.